The standard InChI is InChI=1S/C14H11N3S/c18-13-9-12(11-7-4-8-15-11)16-14(17-13)10-5-2-1-3-6-10/h1-9,15H,(H,16,17,18). The van der Waals surface area contributed by atoms with Gasteiger partial charge in [0.1, 0.15) is 10.5 Å². The lowest BCUT2D eigenvalue weighted by Gasteiger charge is -2.04. The third-order valence-corrected chi connectivity index (χ3v) is 2.89. The SMILES string of the molecule is S=c1cc(-c2ccc[nH]2)[nH]c(-c2ccccc2)n1. The number of H-pyrrole nitrogens is 2. The predicted molar refractivity (Wildman–Crippen MR) is 74.6 cm³/mol. The maximum Gasteiger partial charge on any atom is 0.139 e. The average molecular weight is 253 g/mol. The van der Waals surface area contributed by atoms with Gasteiger partial charge in [0.25, 0.3) is 0 Å². The van der Waals surface area contributed by atoms with E-state index in [0.29, 0.717) is 4.64 Å². The maximum absolute atomic E-state index is 5.22. The van der Waals surface area contributed by atoms with E-state index in [0.717, 1.165) is 22.8 Å². The van der Waals surface area contributed by atoms with Crippen LogP contribution in [0.15, 0.2) is 54.7 Å². The first-order chi connectivity index (χ1) is 8.83. The number of aromatic nitrogens is 3. The number of hydrogen-bond donors (Lipinski definition) is 2. The molecule has 0 fully saturated rings. The molecule has 0 amide bonds. The van der Waals surface area contributed by atoms with Gasteiger partial charge in [-0.25, -0.2) is 4.98 Å². The minimum absolute atomic E-state index is 0.581. The second kappa shape index (κ2) is 4.58. The summed E-state index contributed by atoms with van der Waals surface area (Å²) >= 11 is 5.22. The molecule has 18 heavy (non-hydrogen) atoms. The number of benzene rings is 1. The Morgan fingerprint density at radius 1 is 0.944 bits per heavy atom. The lowest BCUT2D eigenvalue weighted by atomic mass is 10.2. The van der Waals surface area contributed by atoms with E-state index < -0.39 is 0 Å². The first-order valence-corrected chi connectivity index (χ1v) is 6.04. The summed E-state index contributed by atoms with van der Waals surface area (Å²) in [5, 5.41) is 0. The quantitative estimate of drug-likeness (QED) is 0.682. The summed E-state index contributed by atoms with van der Waals surface area (Å²) in [7, 11) is 0. The summed E-state index contributed by atoms with van der Waals surface area (Å²) in [4.78, 5) is 10.8. The highest BCUT2D eigenvalue weighted by atomic mass is 32.1. The van der Waals surface area contributed by atoms with Crippen molar-refractivity contribution in [2.45, 2.75) is 0 Å². The number of rotatable bonds is 2. The second-order valence-corrected chi connectivity index (χ2v) is 4.35. The molecule has 3 aromatic rings. The number of hydrogen-bond acceptors (Lipinski definition) is 2. The van der Waals surface area contributed by atoms with Crippen LogP contribution in [0.5, 0.6) is 0 Å². The molecule has 0 radical (unpaired) electrons. The van der Waals surface area contributed by atoms with E-state index in [4.69, 9.17) is 12.2 Å². The molecule has 0 aliphatic rings. The number of aromatic amines is 2. The van der Waals surface area contributed by atoms with Crippen molar-refractivity contribution in [3.8, 4) is 22.8 Å². The van der Waals surface area contributed by atoms with Gasteiger partial charge >= 0.3 is 0 Å². The van der Waals surface area contributed by atoms with Crippen LogP contribution in [0.25, 0.3) is 22.8 Å². The average Bonchev–Trinajstić information content (AvgIpc) is 2.93. The molecule has 3 rings (SSSR count). The van der Waals surface area contributed by atoms with Crippen molar-refractivity contribution in [2.24, 2.45) is 0 Å². The van der Waals surface area contributed by atoms with E-state index in [1.54, 1.807) is 0 Å². The highest BCUT2D eigenvalue weighted by molar-refractivity contribution is 7.71. The Morgan fingerprint density at radius 2 is 1.78 bits per heavy atom. The highest BCUT2D eigenvalue weighted by Gasteiger charge is 2.04. The minimum Gasteiger partial charge on any atom is -0.360 e. The van der Waals surface area contributed by atoms with Gasteiger partial charge in [-0.2, -0.15) is 0 Å². The molecule has 0 spiro atoms. The van der Waals surface area contributed by atoms with Gasteiger partial charge in [0, 0.05) is 17.8 Å². The Morgan fingerprint density at radius 3 is 2.50 bits per heavy atom. The van der Waals surface area contributed by atoms with Gasteiger partial charge in [0.2, 0.25) is 0 Å². The molecule has 0 bridgehead atoms. The molecule has 88 valence electrons. The van der Waals surface area contributed by atoms with Crippen molar-refractivity contribution >= 4 is 12.2 Å². The van der Waals surface area contributed by atoms with Crippen molar-refractivity contribution in [3.05, 3.63) is 59.4 Å². The summed E-state index contributed by atoms with van der Waals surface area (Å²) in [5.41, 5.74) is 2.97. The molecule has 0 aliphatic carbocycles. The Bertz CT molecular complexity index is 699. The van der Waals surface area contributed by atoms with Crippen molar-refractivity contribution in [2.75, 3.05) is 0 Å². The molecule has 0 atom stereocenters. The van der Waals surface area contributed by atoms with Gasteiger partial charge in [-0.3, -0.25) is 0 Å². The fourth-order valence-corrected chi connectivity index (χ4v) is 2.04. The van der Waals surface area contributed by atoms with E-state index in [1.807, 2.05) is 54.7 Å². The zero-order valence-corrected chi connectivity index (χ0v) is 10.4. The Balaban J connectivity index is 2.15. The largest absolute Gasteiger partial charge is 0.360 e. The van der Waals surface area contributed by atoms with Crippen molar-refractivity contribution in [3.63, 3.8) is 0 Å². The Labute approximate surface area is 110 Å². The Kier molecular flexibility index (Phi) is 2.78. The second-order valence-electron chi connectivity index (χ2n) is 3.93. The molecule has 0 saturated heterocycles. The van der Waals surface area contributed by atoms with E-state index in [-0.39, 0.29) is 0 Å². The summed E-state index contributed by atoms with van der Waals surface area (Å²) in [6, 6.07) is 15.8. The molecule has 4 heteroatoms. The maximum atomic E-state index is 5.22. The molecule has 3 nitrogen and oxygen atoms in total. The molecular weight excluding hydrogens is 242 g/mol. The van der Waals surface area contributed by atoms with Crippen LogP contribution >= 0.6 is 12.2 Å². The van der Waals surface area contributed by atoms with Crippen molar-refractivity contribution < 1.29 is 0 Å². The first kappa shape index (κ1) is 10.9. The smallest absolute Gasteiger partial charge is 0.139 e. The zero-order valence-electron chi connectivity index (χ0n) is 9.55. The molecule has 2 aromatic heterocycles. The van der Waals surface area contributed by atoms with Gasteiger partial charge in [0.05, 0.1) is 11.4 Å². The van der Waals surface area contributed by atoms with Gasteiger partial charge in [-0.15, -0.1) is 0 Å². The lowest BCUT2D eigenvalue weighted by Crippen LogP contribution is -1.92. The monoisotopic (exact) mass is 253 g/mol. The molecular formula is C14H11N3S. The van der Waals surface area contributed by atoms with Crippen molar-refractivity contribution in [1.82, 2.24) is 15.0 Å². The van der Waals surface area contributed by atoms with Gasteiger partial charge in [-0.05, 0) is 12.1 Å². The summed E-state index contributed by atoms with van der Waals surface area (Å²) < 4.78 is 0.581. The third kappa shape index (κ3) is 2.10. The van der Waals surface area contributed by atoms with Crippen molar-refractivity contribution in [1.29, 1.82) is 0 Å². The topological polar surface area (TPSA) is 44.5 Å². The molecule has 2 heterocycles. The van der Waals surface area contributed by atoms with Crippen LogP contribution in [0.1, 0.15) is 0 Å². The fourth-order valence-electron chi connectivity index (χ4n) is 1.83. The van der Waals surface area contributed by atoms with Gasteiger partial charge in [0.15, 0.2) is 0 Å². The molecule has 0 unspecified atom stereocenters. The lowest BCUT2D eigenvalue weighted by molar-refractivity contribution is 1.15. The fraction of sp³-hybridized carbons (Fsp3) is 0. The van der Waals surface area contributed by atoms with E-state index in [1.165, 1.54) is 0 Å². The number of nitrogens with zero attached hydrogens (tertiary/aromatic N) is 1. The predicted octanol–water partition coefficient (Wildman–Crippen LogP) is 3.80. The third-order valence-electron chi connectivity index (χ3n) is 2.68. The van der Waals surface area contributed by atoms with Crippen LogP contribution in [-0.4, -0.2) is 15.0 Å². The highest BCUT2D eigenvalue weighted by Crippen LogP contribution is 2.19. The van der Waals surface area contributed by atoms with Crippen LogP contribution in [0.4, 0.5) is 0 Å². The molecule has 2 N–H and O–H groups in total. The van der Waals surface area contributed by atoms with Crippen LogP contribution < -0.4 is 0 Å². The molecule has 1 aromatic carbocycles. The first-order valence-electron chi connectivity index (χ1n) is 5.63. The van der Waals surface area contributed by atoms with Crippen LogP contribution in [0.2, 0.25) is 0 Å². The molecule has 0 aliphatic heterocycles. The van der Waals surface area contributed by atoms with Crippen LogP contribution in [-0.2, 0) is 0 Å². The summed E-state index contributed by atoms with van der Waals surface area (Å²) in [6.07, 6.45) is 1.88. The van der Waals surface area contributed by atoms with Crippen LogP contribution in [0.3, 0.4) is 0 Å². The summed E-state index contributed by atoms with van der Waals surface area (Å²) in [5.74, 6) is 0.785. The minimum atomic E-state index is 0.581. The normalized spacial score (nSPS) is 10.4. The molecule has 0 saturated carbocycles. The van der Waals surface area contributed by atoms with Gasteiger partial charge < -0.3 is 9.97 Å². The van der Waals surface area contributed by atoms with E-state index in [2.05, 4.69) is 15.0 Å². The van der Waals surface area contributed by atoms with E-state index >= 15 is 0 Å². The van der Waals surface area contributed by atoms with E-state index in [9.17, 15) is 0 Å². The Hall–Kier alpha value is -2.20. The van der Waals surface area contributed by atoms with Crippen LogP contribution in [0, 0.1) is 4.64 Å². The summed E-state index contributed by atoms with van der Waals surface area (Å²) in [6.45, 7) is 0. The zero-order chi connectivity index (χ0) is 12.4. The number of nitrogens with one attached hydrogen (secondary N) is 2. The van der Waals surface area contributed by atoms with Gasteiger partial charge in [-0.1, -0.05) is 42.5 Å².